The van der Waals surface area contributed by atoms with E-state index in [9.17, 15) is 8.78 Å². The van der Waals surface area contributed by atoms with Gasteiger partial charge in [0.25, 0.3) is 0 Å². The molecule has 0 amide bonds. The molecule has 5 heteroatoms. The SMILES string of the molecule is Cc1cc2nc(/C=C/c3ccccc3OC(F)F)sc2cc1C. The fraction of sp³-hybridized carbons (Fsp3) is 0.167. The molecule has 0 aliphatic rings. The third kappa shape index (κ3) is 3.56. The van der Waals surface area contributed by atoms with Crippen molar-refractivity contribution < 1.29 is 13.5 Å². The molecule has 3 rings (SSSR count). The first kappa shape index (κ1) is 15.6. The van der Waals surface area contributed by atoms with E-state index < -0.39 is 6.61 Å². The fourth-order valence-electron chi connectivity index (χ4n) is 2.25. The van der Waals surface area contributed by atoms with Gasteiger partial charge < -0.3 is 4.74 Å². The van der Waals surface area contributed by atoms with Crippen LogP contribution in [0.2, 0.25) is 0 Å². The summed E-state index contributed by atoms with van der Waals surface area (Å²) in [5, 5.41) is 0.830. The number of benzene rings is 2. The summed E-state index contributed by atoms with van der Waals surface area (Å²) in [5.41, 5.74) is 3.98. The number of ether oxygens (including phenoxy) is 1. The minimum atomic E-state index is -2.84. The van der Waals surface area contributed by atoms with Gasteiger partial charge in [-0.2, -0.15) is 8.78 Å². The van der Waals surface area contributed by atoms with Crippen LogP contribution < -0.4 is 4.74 Å². The molecule has 0 radical (unpaired) electrons. The monoisotopic (exact) mass is 331 g/mol. The third-order valence-corrected chi connectivity index (χ3v) is 4.54. The van der Waals surface area contributed by atoms with Gasteiger partial charge in [0.1, 0.15) is 10.8 Å². The van der Waals surface area contributed by atoms with E-state index in [4.69, 9.17) is 0 Å². The predicted molar refractivity (Wildman–Crippen MR) is 91.1 cm³/mol. The molecule has 0 aliphatic heterocycles. The number of rotatable bonds is 4. The van der Waals surface area contributed by atoms with Crippen molar-refractivity contribution in [1.29, 1.82) is 0 Å². The summed E-state index contributed by atoms with van der Waals surface area (Å²) < 4.78 is 30.5. The maximum atomic E-state index is 12.4. The Morgan fingerprint density at radius 1 is 1.09 bits per heavy atom. The van der Waals surface area contributed by atoms with Gasteiger partial charge in [-0.15, -0.1) is 11.3 Å². The minimum absolute atomic E-state index is 0.159. The number of alkyl halides is 2. The van der Waals surface area contributed by atoms with Crippen LogP contribution in [0.15, 0.2) is 36.4 Å². The van der Waals surface area contributed by atoms with Gasteiger partial charge in [0.15, 0.2) is 0 Å². The summed E-state index contributed by atoms with van der Waals surface area (Å²) in [6, 6.07) is 10.9. The topological polar surface area (TPSA) is 22.1 Å². The molecule has 0 aliphatic carbocycles. The average Bonchev–Trinajstić information content (AvgIpc) is 2.88. The van der Waals surface area contributed by atoms with E-state index in [2.05, 4.69) is 35.7 Å². The number of aromatic nitrogens is 1. The molecule has 0 bridgehead atoms. The van der Waals surface area contributed by atoms with Crippen LogP contribution >= 0.6 is 11.3 Å². The Bertz CT molecular complexity index is 832. The highest BCUT2D eigenvalue weighted by Gasteiger charge is 2.08. The third-order valence-electron chi connectivity index (χ3n) is 3.56. The van der Waals surface area contributed by atoms with Crippen molar-refractivity contribution in [3.63, 3.8) is 0 Å². The number of para-hydroxylation sites is 1. The summed E-state index contributed by atoms with van der Waals surface area (Å²) in [5.74, 6) is 0.159. The van der Waals surface area contributed by atoms with Crippen molar-refractivity contribution in [2.24, 2.45) is 0 Å². The smallest absolute Gasteiger partial charge is 0.387 e. The van der Waals surface area contributed by atoms with E-state index in [1.54, 1.807) is 35.6 Å². The summed E-state index contributed by atoms with van der Waals surface area (Å²) in [6.07, 6.45) is 3.57. The molecule has 0 spiro atoms. The van der Waals surface area contributed by atoms with E-state index in [1.165, 1.54) is 17.2 Å². The first-order valence-electron chi connectivity index (χ1n) is 7.12. The molecule has 23 heavy (non-hydrogen) atoms. The van der Waals surface area contributed by atoms with Crippen LogP contribution in [-0.2, 0) is 0 Å². The molecule has 1 aromatic heterocycles. The lowest BCUT2D eigenvalue weighted by molar-refractivity contribution is -0.0499. The number of aryl methyl sites for hydroxylation is 2. The van der Waals surface area contributed by atoms with Crippen molar-refractivity contribution in [3.05, 3.63) is 58.1 Å². The zero-order valence-corrected chi connectivity index (χ0v) is 13.5. The molecule has 0 atom stereocenters. The highest BCUT2D eigenvalue weighted by atomic mass is 32.1. The van der Waals surface area contributed by atoms with Gasteiger partial charge in [-0.1, -0.05) is 18.2 Å². The summed E-state index contributed by atoms with van der Waals surface area (Å²) in [7, 11) is 0. The van der Waals surface area contributed by atoms with Crippen LogP contribution in [0.1, 0.15) is 21.7 Å². The Balaban J connectivity index is 1.91. The Morgan fingerprint density at radius 3 is 2.61 bits per heavy atom. The Kier molecular flexibility index (Phi) is 4.39. The molecule has 3 aromatic rings. The van der Waals surface area contributed by atoms with E-state index in [-0.39, 0.29) is 5.75 Å². The quantitative estimate of drug-likeness (QED) is 0.613. The molecule has 0 saturated heterocycles. The number of nitrogens with zero attached hydrogens (tertiary/aromatic N) is 1. The average molecular weight is 331 g/mol. The number of hydrogen-bond donors (Lipinski definition) is 0. The Hall–Kier alpha value is -2.27. The van der Waals surface area contributed by atoms with E-state index in [0.717, 1.165) is 15.2 Å². The second kappa shape index (κ2) is 6.46. The highest BCUT2D eigenvalue weighted by molar-refractivity contribution is 7.19. The van der Waals surface area contributed by atoms with Gasteiger partial charge >= 0.3 is 6.61 Å². The van der Waals surface area contributed by atoms with Gasteiger partial charge in [-0.3, -0.25) is 0 Å². The van der Waals surface area contributed by atoms with Crippen LogP contribution in [0.25, 0.3) is 22.4 Å². The zero-order chi connectivity index (χ0) is 16.4. The molecule has 1 heterocycles. The summed E-state index contributed by atoms with van der Waals surface area (Å²) >= 11 is 1.57. The second-order valence-electron chi connectivity index (χ2n) is 5.21. The van der Waals surface area contributed by atoms with Crippen molar-refractivity contribution in [1.82, 2.24) is 4.98 Å². The van der Waals surface area contributed by atoms with Gasteiger partial charge in [-0.25, -0.2) is 4.98 Å². The van der Waals surface area contributed by atoms with Crippen LogP contribution in [0.4, 0.5) is 8.78 Å². The van der Waals surface area contributed by atoms with Gasteiger partial charge in [-0.05, 0) is 55.3 Å². The van der Waals surface area contributed by atoms with Gasteiger partial charge in [0.05, 0.1) is 10.2 Å². The predicted octanol–water partition coefficient (Wildman–Crippen LogP) is 5.68. The number of halogens is 2. The largest absolute Gasteiger partial charge is 0.434 e. The standard InChI is InChI=1S/C18H15F2NOS/c1-11-9-14-16(10-12(11)2)23-17(21-14)8-7-13-5-3-4-6-15(13)22-18(19)20/h3-10,18H,1-2H3/b8-7+. The molecule has 0 unspecified atom stereocenters. The number of thiazole rings is 1. The Morgan fingerprint density at radius 2 is 1.83 bits per heavy atom. The summed E-state index contributed by atoms with van der Waals surface area (Å²) in [6.45, 7) is 1.29. The first-order valence-corrected chi connectivity index (χ1v) is 7.94. The maximum Gasteiger partial charge on any atom is 0.387 e. The van der Waals surface area contributed by atoms with Crippen LogP contribution in [0.3, 0.4) is 0 Å². The zero-order valence-electron chi connectivity index (χ0n) is 12.7. The normalized spacial score (nSPS) is 11.7. The maximum absolute atomic E-state index is 12.4. The van der Waals surface area contributed by atoms with Crippen LogP contribution in [0, 0.1) is 13.8 Å². The van der Waals surface area contributed by atoms with E-state index in [1.807, 2.05) is 6.08 Å². The van der Waals surface area contributed by atoms with Crippen molar-refractivity contribution in [2.45, 2.75) is 20.5 Å². The lowest BCUT2D eigenvalue weighted by Crippen LogP contribution is -2.02. The minimum Gasteiger partial charge on any atom is -0.434 e. The molecule has 0 fully saturated rings. The van der Waals surface area contributed by atoms with E-state index >= 15 is 0 Å². The second-order valence-corrected chi connectivity index (χ2v) is 6.27. The molecule has 0 saturated carbocycles. The molecule has 118 valence electrons. The summed E-state index contributed by atoms with van der Waals surface area (Å²) in [4.78, 5) is 4.56. The van der Waals surface area contributed by atoms with E-state index in [0.29, 0.717) is 5.56 Å². The van der Waals surface area contributed by atoms with Crippen molar-refractivity contribution >= 4 is 33.7 Å². The molecular formula is C18H15F2NOS. The van der Waals surface area contributed by atoms with Crippen molar-refractivity contribution in [3.8, 4) is 5.75 Å². The van der Waals surface area contributed by atoms with Crippen LogP contribution in [-0.4, -0.2) is 11.6 Å². The Labute approximate surface area is 137 Å². The molecule has 2 aromatic carbocycles. The van der Waals surface area contributed by atoms with Crippen LogP contribution in [0.5, 0.6) is 5.75 Å². The first-order chi connectivity index (χ1) is 11.0. The fourth-order valence-corrected chi connectivity index (χ4v) is 3.20. The molecule has 2 nitrogen and oxygen atoms in total. The van der Waals surface area contributed by atoms with Crippen molar-refractivity contribution in [2.75, 3.05) is 0 Å². The molecule has 0 N–H and O–H groups in total. The number of fused-ring (bicyclic) bond motifs is 1. The lowest BCUT2D eigenvalue weighted by atomic mass is 10.1. The van der Waals surface area contributed by atoms with Gasteiger partial charge in [0, 0.05) is 5.56 Å². The lowest BCUT2D eigenvalue weighted by Gasteiger charge is -2.06. The molecular weight excluding hydrogens is 316 g/mol. The number of hydrogen-bond acceptors (Lipinski definition) is 3. The van der Waals surface area contributed by atoms with Gasteiger partial charge in [0.2, 0.25) is 0 Å². The highest BCUT2D eigenvalue weighted by Crippen LogP contribution is 2.28.